The Bertz CT molecular complexity index is 571. The van der Waals surface area contributed by atoms with Gasteiger partial charge in [-0.05, 0) is 30.2 Å². The Kier molecular flexibility index (Phi) is 5.97. The van der Waals surface area contributed by atoms with Crippen LogP contribution in [0.2, 0.25) is 5.02 Å². The Hall–Kier alpha value is -0.660. The summed E-state index contributed by atoms with van der Waals surface area (Å²) >= 11 is 6.05. The van der Waals surface area contributed by atoms with Crippen LogP contribution in [0, 0.1) is 6.92 Å². The molecule has 0 aliphatic rings. The zero-order valence-electron chi connectivity index (χ0n) is 12.5. The molecule has 0 heterocycles. The van der Waals surface area contributed by atoms with Crippen LogP contribution in [-0.4, -0.2) is 33.6 Å². The third-order valence-electron chi connectivity index (χ3n) is 2.73. The Balaban J connectivity index is 3.21. The minimum atomic E-state index is -3.61. The van der Waals surface area contributed by atoms with E-state index in [1.54, 1.807) is 27.1 Å². The monoisotopic (exact) mass is 319 g/mol. The van der Waals surface area contributed by atoms with Gasteiger partial charge in [0, 0.05) is 31.7 Å². The third-order valence-corrected chi connectivity index (χ3v) is 4.55. The van der Waals surface area contributed by atoms with E-state index >= 15 is 0 Å². The molecule has 2 N–H and O–H groups in total. The van der Waals surface area contributed by atoms with Gasteiger partial charge in [0.1, 0.15) is 0 Å². The standard InChI is InChI=1S/C13H22ClN3O2S/c1-9(2)15-8-11-6-12(14)7-13(10(11)3)20(18,19)16-17(4)5/h6-7,9,15-16H,8H2,1-5H3. The summed E-state index contributed by atoms with van der Waals surface area (Å²) in [6, 6.07) is 3.58. The van der Waals surface area contributed by atoms with E-state index in [4.69, 9.17) is 11.6 Å². The topological polar surface area (TPSA) is 61.4 Å². The molecule has 0 spiro atoms. The highest BCUT2D eigenvalue weighted by Gasteiger charge is 2.20. The predicted molar refractivity (Wildman–Crippen MR) is 82.2 cm³/mol. The van der Waals surface area contributed by atoms with Crippen molar-refractivity contribution in [2.75, 3.05) is 14.1 Å². The maximum atomic E-state index is 12.3. The highest BCUT2D eigenvalue weighted by atomic mass is 35.5. The molecule has 1 rings (SSSR count). The predicted octanol–water partition coefficient (Wildman–Crippen LogP) is 1.90. The molecule has 0 atom stereocenters. The lowest BCUT2D eigenvalue weighted by Gasteiger charge is -2.17. The van der Waals surface area contributed by atoms with Crippen molar-refractivity contribution in [3.63, 3.8) is 0 Å². The van der Waals surface area contributed by atoms with E-state index in [1.165, 1.54) is 11.1 Å². The SMILES string of the molecule is Cc1c(CNC(C)C)cc(Cl)cc1S(=O)(=O)NN(C)C. The van der Waals surface area contributed by atoms with Crippen molar-refractivity contribution in [2.45, 2.75) is 38.3 Å². The Morgan fingerprint density at radius 1 is 1.30 bits per heavy atom. The second kappa shape index (κ2) is 6.87. The van der Waals surface area contributed by atoms with Crippen LogP contribution < -0.4 is 10.1 Å². The minimum absolute atomic E-state index is 0.208. The second-order valence-corrected chi connectivity index (χ2v) is 7.28. The molecule has 0 aliphatic heterocycles. The van der Waals surface area contributed by atoms with E-state index in [-0.39, 0.29) is 4.90 Å². The summed E-state index contributed by atoms with van der Waals surface area (Å²) in [6.07, 6.45) is 0. The third kappa shape index (κ3) is 4.71. The van der Waals surface area contributed by atoms with Crippen molar-refractivity contribution >= 4 is 21.6 Å². The number of halogens is 1. The molecule has 0 amide bonds. The van der Waals surface area contributed by atoms with Crippen LogP contribution in [0.4, 0.5) is 0 Å². The van der Waals surface area contributed by atoms with Crippen LogP contribution in [0.15, 0.2) is 17.0 Å². The molecule has 0 saturated carbocycles. The van der Waals surface area contributed by atoms with Gasteiger partial charge in [0.15, 0.2) is 0 Å². The normalized spacial score (nSPS) is 12.4. The van der Waals surface area contributed by atoms with Crippen molar-refractivity contribution in [2.24, 2.45) is 0 Å². The Labute approximate surface area is 126 Å². The van der Waals surface area contributed by atoms with Crippen molar-refractivity contribution < 1.29 is 8.42 Å². The molecular weight excluding hydrogens is 298 g/mol. The van der Waals surface area contributed by atoms with E-state index < -0.39 is 10.0 Å². The Morgan fingerprint density at radius 3 is 2.40 bits per heavy atom. The van der Waals surface area contributed by atoms with Crippen LogP contribution >= 0.6 is 11.6 Å². The first-order valence-corrected chi connectivity index (χ1v) is 8.21. The summed E-state index contributed by atoms with van der Waals surface area (Å²) in [7, 11) is -0.363. The van der Waals surface area contributed by atoms with E-state index in [0.29, 0.717) is 23.2 Å². The van der Waals surface area contributed by atoms with E-state index in [9.17, 15) is 8.42 Å². The van der Waals surface area contributed by atoms with Gasteiger partial charge in [-0.2, -0.15) is 0 Å². The van der Waals surface area contributed by atoms with Crippen LogP contribution in [-0.2, 0) is 16.6 Å². The molecule has 5 nitrogen and oxygen atoms in total. The van der Waals surface area contributed by atoms with Gasteiger partial charge in [0.05, 0.1) is 4.90 Å². The van der Waals surface area contributed by atoms with Crippen LogP contribution in [0.5, 0.6) is 0 Å². The number of sulfonamides is 1. The molecule has 0 aliphatic carbocycles. The average Bonchev–Trinajstić information content (AvgIpc) is 2.27. The first-order valence-electron chi connectivity index (χ1n) is 6.35. The maximum Gasteiger partial charge on any atom is 0.253 e. The lowest BCUT2D eigenvalue weighted by atomic mass is 10.1. The first-order chi connectivity index (χ1) is 9.13. The van der Waals surface area contributed by atoms with Gasteiger partial charge >= 0.3 is 0 Å². The lowest BCUT2D eigenvalue weighted by molar-refractivity contribution is 0.364. The summed E-state index contributed by atoms with van der Waals surface area (Å²) in [5, 5.41) is 5.07. The molecule has 0 aromatic heterocycles. The Morgan fingerprint density at radius 2 is 1.90 bits per heavy atom. The van der Waals surface area contributed by atoms with Gasteiger partial charge in [-0.1, -0.05) is 25.4 Å². The summed E-state index contributed by atoms with van der Waals surface area (Å²) < 4.78 is 24.5. The number of hydrogen-bond donors (Lipinski definition) is 2. The van der Waals surface area contributed by atoms with Crippen LogP contribution in [0.1, 0.15) is 25.0 Å². The van der Waals surface area contributed by atoms with Crippen molar-refractivity contribution in [1.82, 2.24) is 15.2 Å². The van der Waals surface area contributed by atoms with Gasteiger partial charge in [0.25, 0.3) is 10.0 Å². The number of benzene rings is 1. The molecule has 0 unspecified atom stereocenters. The molecule has 7 heteroatoms. The van der Waals surface area contributed by atoms with Gasteiger partial charge < -0.3 is 5.32 Å². The minimum Gasteiger partial charge on any atom is -0.310 e. The molecule has 0 fully saturated rings. The second-order valence-electron chi connectivity index (χ2n) is 5.21. The fourth-order valence-electron chi connectivity index (χ4n) is 1.77. The summed E-state index contributed by atoms with van der Waals surface area (Å²) in [5.74, 6) is 0. The number of hydrazine groups is 1. The molecule has 1 aromatic carbocycles. The summed E-state index contributed by atoms with van der Waals surface area (Å²) in [4.78, 5) is 2.63. The summed E-state index contributed by atoms with van der Waals surface area (Å²) in [5.41, 5.74) is 1.59. The lowest BCUT2D eigenvalue weighted by Crippen LogP contribution is -2.36. The fourth-order valence-corrected chi connectivity index (χ4v) is 3.48. The van der Waals surface area contributed by atoms with Crippen molar-refractivity contribution in [3.8, 4) is 0 Å². The van der Waals surface area contributed by atoms with E-state index in [1.807, 2.05) is 13.8 Å². The summed E-state index contributed by atoms with van der Waals surface area (Å²) in [6.45, 7) is 6.43. The molecule has 0 bridgehead atoms. The maximum absolute atomic E-state index is 12.3. The molecule has 114 valence electrons. The highest BCUT2D eigenvalue weighted by Crippen LogP contribution is 2.24. The van der Waals surface area contributed by atoms with Crippen molar-refractivity contribution in [3.05, 3.63) is 28.3 Å². The van der Waals surface area contributed by atoms with Gasteiger partial charge in [0.2, 0.25) is 0 Å². The fraction of sp³-hybridized carbons (Fsp3) is 0.538. The van der Waals surface area contributed by atoms with E-state index in [0.717, 1.165) is 5.56 Å². The zero-order chi connectivity index (χ0) is 15.5. The van der Waals surface area contributed by atoms with Gasteiger partial charge in [-0.25, -0.2) is 13.4 Å². The highest BCUT2D eigenvalue weighted by molar-refractivity contribution is 7.89. The van der Waals surface area contributed by atoms with Crippen LogP contribution in [0.3, 0.4) is 0 Å². The van der Waals surface area contributed by atoms with Crippen LogP contribution in [0.25, 0.3) is 0 Å². The number of hydrogen-bond acceptors (Lipinski definition) is 4. The van der Waals surface area contributed by atoms with Gasteiger partial charge in [-0.3, -0.25) is 0 Å². The largest absolute Gasteiger partial charge is 0.310 e. The zero-order valence-corrected chi connectivity index (χ0v) is 14.1. The van der Waals surface area contributed by atoms with Gasteiger partial charge in [-0.15, -0.1) is 4.83 Å². The number of nitrogens with one attached hydrogen (secondary N) is 2. The number of rotatable bonds is 6. The number of nitrogens with zero attached hydrogens (tertiary/aromatic N) is 1. The molecule has 0 radical (unpaired) electrons. The first kappa shape index (κ1) is 17.4. The molecular formula is C13H22ClN3O2S. The quantitative estimate of drug-likeness (QED) is 0.786. The van der Waals surface area contributed by atoms with E-state index in [2.05, 4.69) is 10.1 Å². The smallest absolute Gasteiger partial charge is 0.253 e. The molecule has 0 saturated heterocycles. The average molecular weight is 320 g/mol. The molecule has 1 aromatic rings. The molecule has 20 heavy (non-hydrogen) atoms. The van der Waals surface area contributed by atoms with Crippen molar-refractivity contribution in [1.29, 1.82) is 0 Å².